The molecule has 0 amide bonds. The van der Waals surface area contributed by atoms with Crippen LogP contribution >= 0.6 is 0 Å². The Balaban J connectivity index is 1.70. The highest BCUT2D eigenvalue weighted by Gasteiger charge is 2.43. The molecule has 0 saturated carbocycles. The molecule has 2 aliphatic heterocycles. The molecule has 0 aliphatic carbocycles. The Morgan fingerprint density at radius 3 is 2.24 bits per heavy atom. The second-order valence-corrected chi connectivity index (χ2v) is 9.51. The van der Waals surface area contributed by atoms with Crippen LogP contribution in [0.15, 0.2) is 60.3 Å². The molecule has 0 bridgehead atoms. The summed E-state index contributed by atoms with van der Waals surface area (Å²) in [5.41, 5.74) is 10.6. The van der Waals surface area contributed by atoms with E-state index in [9.17, 15) is 0 Å². The van der Waals surface area contributed by atoms with Crippen LogP contribution in [0.3, 0.4) is 0 Å². The molecule has 29 heavy (non-hydrogen) atoms. The summed E-state index contributed by atoms with van der Waals surface area (Å²) in [7, 11) is 0. The van der Waals surface area contributed by atoms with E-state index in [1.807, 2.05) is 0 Å². The Hall–Kier alpha value is -2.61. The van der Waals surface area contributed by atoms with Crippen LogP contribution in [0.5, 0.6) is 0 Å². The molecular formula is C27H33N2+. The van der Waals surface area contributed by atoms with Crippen LogP contribution in [0.25, 0.3) is 0 Å². The molecule has 0 unspecified atom stereocenters. The van der Waals surface area contributed by atoms with Gasteiger partial charge in [-0.05, 0) is 58.4 Å². The monoisotopic (exact) mass is 385 g/mol. The predicted molar refractivity (Wildman–Crippen MR) is 125 cm³/mol. The highest BCUT2D eigenvalue weighted by atomic mass is 15.0. The Labute approximate surface area is 175 Å². The van der Waals surface area contributed by atoms with Gasteiger partial charge in [0.1, 0.15) is 6.54 Å². The van der Waals surface area contributed by atoms with E-state index in [1.165, 1.54) is 45.0 Å². The fraction of sp³-hybridized carbons (Fsp3) is 0.370. The van der Waals surface area contributed by atoms with Crippen LogP contribution in [-0.4, -0.2) is 16.8 Å². The Bertz CT molecular complexity index is 1080. The molecule has 0 aromatic heterocycles. The molecule has 2 aliphatic rings. The molecule has 0 atom stereocenters. The highest BCUT2D eigenvalue weighted by molar-refractivity contribution is 6.03. The van der Waals surface area contributed by atoms with Crippen molar-refractivity contribution in [1.29, 1.82) is 0 Å². The van der Waals surface area contributed by atoms with E-state index in [-0.39, 0.29) is 10.8 Å². The van der Waals surface area contributed by atoms with E-state index in [0.717, 1.165) is 6.54 Å². The Kier molecular flexibility index (Phi) is 4.57. The molecule has 0 radical (unpaired) electrons. The van der Waals surface area contributed by atoms with E-state index in [0.29, 0.717) is 0 Å². The number of fused-ring (bicyclic) bond motifs is 2. The molecule has 0 saturated heterocycles. The second-order valence-electron chi connectivity index (χ2n) is 9.51. The Morgan fingerprint density at radius 1 is 0.897 bits per heavy atom. The lowest BCUT2D eigenvalue weighted by atomic mass is 9.80. The molecule has 2 heterocycles. The zero-order valence-corrected chi connectivity index (χ0v) is 18.9. The van der Waals surface area contributed by atoms with E-state index in [2.05, 4.69) is 113 Å². The molecular weight excluding hydrogens is 352 g/mol. The number of rotatable bonds is 3. The van der Waals surface area contributed by atoms with Crippen molar-refractivity contribution >= 4 is 17.1 Å². The third kappa shape index (κ3) is 3.06. The van der Waals surface area contributed by atoms with Crippen molar-refractivity contribution in [3.8, 4) is 0 Å². The maximum atomic E-state index is 3.63. The summed E-state index contributed by atoms with van der Waals surface area (Å²) in [5.74, 6) is 0. The SMILES string of the molecule is CC[N+]1=C(C=CC=C2Nc3ccc(C)cc3C2(C)C)C(C)(C)c2cc(C)ccc21. The standard InChI is InChI=1S/C27H32N2/c1-8-29-23-15-13-19(3)17-21(23)27(6,7)25(29)11-9-10-24-26(4,5)20-16-18(2)12-14-22(20)28-24/h9-17H,8H2,1-7H3/p+1. The minimum absolute atomic E-state index is 0.00503. The van der Waals surface area contributed by atoms with Crippen LogP contribution < -0.4 is 5.32 Å². The molecule has 4 rings (SSSR count). The van der Waals surface area contributed by atoms with Gasteiger partial charge in [-0.3, -0.25) is 0 Å². The topological polar surface area (TPSA) is 15.0 Å². The number of hydrogen-bond acceptors (Lipinski definition) is 1. The quantitative estimate of drug-likeness (QED) is 0.593. The zero-order valence-electron chi connectivity index (χ0n) is 18.9. The van der Waals surface area contributed by atoms with Gasteiger partial charge in [-0.2, -0.15) is 4.58 Å². The molecule has 2 heteroatoms. The first kappa shape index (κ1) is 19.7. The lowest BCUT2D eigenvalue weighted by Gasteiger charge is -2.20. The fourth-order valence-corrected chi connectivity index (χ4v) is 4.85. The molecule has 2 aromatic rings. The number of anilines is 1. The van der Waals surface area contributed by atoms with Crippen molar-refractivity contribution < 1.29 is 4.58 Å². The van der Waals surface area contributed by atoms with Crippen molar-refractivity contribution in [2.75, 3.05) is 11.9 Å². The first-order chi connectivity index (χ1) is 13.7. The lowest BCUT2D eigenvalue weighted by molar-refractivity contribution is -0.433. The van der Waals surface area contributed by atoms with Gasteiger partial charge in [0.05, 0.1) is 5.41 Å². The van der Waals surface area contributed by atoms with Crippen molar-refractivity contribution in [2.24, 2.45) is 0 Å². The van der Waals surface area contributed by atoms with Crippen LogP contribution in [0.1, 0.15) is 56.9 Å². The molecule has 0 fully saturated rings. The number of hydrogen-bond donors (Lipinski definition) is 1. The van der Waals surface area contributed by atoms with E-state index in [1.54, 1.807) is 0 Å². The molecule has 2 aromatic carbocycles. The number of allylic oxidation sites excluding steroid dienone is 4. The number of nitrogens with one attached hydrogen (secondary N) is 1. The average molecular weight is 386 g/mol. The third-order valence-electron chi connectivity index (χ3n) is 6.67. The number of aryl methyl sites for hydroxylation is 2. The van der Waals surface area contributed by atoms with Gasteiger partial charge in [0, 0.05) is 34.5 Å². The molecule has 1 N–H and O–H groups in total. The van der Waals surface area contributed by atoms with Crippen LogP contribution in [0.2, 0.25) is 0 Å². The highest BCUT2D eigenvalue weighted by Crippen LogP contribution is 2.44. The third-order valence-corrected chi connectivity index (χ3v) is 6.67. The van der Waals surface area contributed by atoms with Crippen molar-refractivity contribution in [3.05, 3.63) is 82.6 Å². The zero-order chi connectivity index (χ0) is 21.0. The summed E-state index contributed by atoms with van der Waals surface area (Å²) in [6.07, 6.45) is 6.78. The lowest BCUT2D eigenvalue weighted by Crippen LogP contribution is -2.27. The van der Waals surface area contributed by atoms with Crippen molar-refractivity contribution in [3.63, 3.8) is 0 Å². The predicted octanol–water partition coefficient (Wildman–Crippen LogP) is 6.54. The maximum Gasteiger partial charge on any atom is 0.209 e. The summed E-state index contributed by atoms with van der Waals surface area (Å²) in [6.45, 7) is 16.8. The van der Waals surface area contributed by atoms with Gasteiger partial charge in [-0.1, -0.05) is 49.2 Å². The minimum Gasteiger partial charge on any atom is -0.358 e. The summed E-state index contributed by atoms with van der Waals surface area (Å²) >= 11 is 0. The molecule has 150 valence electrons. The maximum absolute atomic E-state index is 3.63. The smallest absolute Gasteiger partial charge is 0.209 e. The largest absolute Gasteiger partial charge is 0.358 e. The van der Waals surface area contributed by atoms with Crippen molar-refractivity contribution in [2.45, 2.75) is 59.3 Å². The number of benzene rings is 2. The van der Waals surface area contributed by atoms with Crippen LogP contribution in [0.4, 0.5) is 11.4 Å². The van der Waals surface area contributed by atoms with Crippen molar-refractivity contribution in [1.82, 2.24) is 0 Å². The van der Waals surface area contributed by atoms with Gasteiger partial charge in [-0.15, -0.1) is 0 Å². The first-order valence-electron chi connectivity index (χ1n) is 10.7. The van der Waals surface area contributed by atoms with Gasteiger partial charge >= 0.3 is 0 Å². The molecule has 0 spiro atoms. The van der Waals surface area contributed by atoms with Crippen LogP contribution in [-0.2, 0) is 10.8 Å². The molecule has 2 nitrogen and oxygen atoms in total. The van der Waals surface area contributed by atoms with Crippen LogP contribution in [0, 0.1) is 13.8 Å². The summed E-state index contributed by atoms with van der Waals surface area (Å²) in [5, 5.41) is 3.63. The first-order valence-corrected chi connectivity index (χ1v) is 10.7. The van der Waals surface area contributed by atoms with Gasteiger partial charge in [0.25, 0.3) is 0 Å². The van der Waals surface area contributed by atoms with Gasteiger partial charge in [0.2, 0.25) is 5.69 Å². The summed E-state index contributed by atoms with van der Waals surface area (Å²) < 4.78 is 2.45. The van der Waals surface area contributed by atoms with Gasteiger partial charge in [-0.25, -0.2) is 0 Å². The van der Waals surface area contributed by atoms with E-state index < -0.39 is 0 Å². The normalized spacial score (nSPS) is 20.3. The van der Waals surface area contributed by atoms with Gasteiger partial charge < -0.3 is 5.32 Å². The number of nitrogens with zero attached hydrogens (tertiary/aromatic N) is 1. The summed E-state index contributed by atoms with van der Waals surface area (Å²) in [6, 6.07) is 13.5. The average Bonchev–Trinajstić information content (AvgIpc) is 3.03. The summed E-state index contributed by atoms with van der Waals surface area (Å²) in [4.78, 5) is 0. The Morgan fingerprint density at radius 2 is 1.55 bits per heavy atom. The fourth-order valence-electron chi connectivity index (χ4n) is 4.85. The van der Waals surface area contributed by atoms with E-state index in [4.69, 9.17) is 0 Å². The second kappa shape index (κ2) is 6.73. The van der Waals surface area contributed by atoms with Gasteiger partial charge in [0.15, 0.2) is 5.71 Å². The van der Waals surface area contributed by atoms with E-state index >= 15 is 0 Å². The minimum atomic E-state index is -0.00786.